The summed E-state index contributed by atoms with van der Waals surface area (Å²) in [4.78, 5) is 30.1. The molecule has 5 rings (SSSR count). The summed E-state index contributed by atoms with van der Waals surface area (Å²) in [5.41, 5.74) is 5.14. The number of likely N-dealkylation sites (tertiary alicyclic amines) is 1. The van der Waals surface area contributed by atoms with Gasteiger partial charge < -0.3 is 15.1 Å². The number of anilines is 2. The lowest BCUT2D eigenvalue weighted by molar-refractivity contribution is -0.122. The highest BCUT2D eigenvalue weighted by Crippen LogP contribution is 2.32. The van der Waals surface area contributed by atoms with Crippen molar-refractivity contribution in [3.8, 4) is 0 Å². The van der Waals surface area contributed by atoms with E-state index < -0.39 is 0 Å². The van der Waals surface area contributed by atoms with E-state index in [1.807, 2.05) is 23.1 Å². The molecular weight excluding hydrogens is 374 g/mol. The number of nitrogens with one attached hydrogen (secondary N) is 1. The summed E-state index contributed by atoms with van der Waals surface area (Å²) in [7, 11) is 0. The van der Waals surface area contributed by atoms with Crippen molar-refractivity contribution >= 4 is 23.2 Å². The molecule has 1 N–H and O–H groups in total. The van der Waals surface area contributed by atoms with E-state index in [0.717, 1.165) is 76.1 Å². The Morgan fingerprint density at radius 1 is 0.900 bits per heavy atom. The van der Waals surface area contributed by atoms with Gasteiger partial charge >= 0.3 is 0 Å². The number of hydrogen-bond donors (Lipinski definition) is 1. The number of amides is 2. The van der Waals surface area contributed by atoms with Gasteiger partial charge in [0.05, 0.1) is 5.56 Å². The Balaban J connectivity index is 1.45. The van der Waals surface area contributed by atoms with E-state index in [1.165, 1.54) is 11.1 Å². The first-order chi connectivity index (χ1) is 14.7. The van der Waals surface area contributed by atoms with Crippen LogP contribution in [0.1, 0.15) is 53.6 Å². The van der Waals surface area contributed by atoms with Crippen LogP contribution in [0, 0.1) is 5.92 Å². The zero-order chi connectivity index (χ0) is 20.5. The highest BCUT2D eigenvalue weighted by molar-refractivity contribution is 6.02. The first kappa shape index (κ1) is 19.2. The second kappa shape index (κ2) is 8.13. The molecule has 0 spiro atoms. The van der Waals surface area contributed by atoms with E-state index in [2.05, 4.69) is 34.5 Å². The van der Waals surface area contributed by atoms with Gasteiger partial charge in [-0.1, -0.05) is 30.7 Å². The predicted octanol–water partition coefficient (Wildman–Crippen LogP) is 4.22. The lowest BCUT2D eigenvalue weighted by atomic mass is 9.85. The number of benzene rings is 2. The molecule has 3 aliphatic rings. The SMILES string of the molecule is O=C(Nc1ccc(N2CCc3ccccc3C2)c(C(=O)N2CCCC2)c1)C1CCC1. The zero-order valence-electron chi connectivity index (χ0n) is 17.4. The third kappa shape index (κ3) is 3.69. The quantitative estimate of drug-likeness (QED) is 0.831. The van der Waals surface area contributed by atoms with Crippen LogP contribution in [0.15, 0.2) is 42.5 Å². The van der Waals surface area contributed by atoms with Crippen LogP contribution in [0.4, 0.5) is 11.4 Å². The summed E-state index contributed by atoms with van der Waals surface area (Å²) in [6.45, 7) is 3.34. The Labute approximate surface area is 178 Å². The summed E-state index contributed by atoms with van der Waals surface area (Å²) in [6, 6.07) is 14.4. The van der Waals surface area contributed by atoms with Crippen LogP contribution in [0.2, 0.25) is 0 Å². The molecule has 2 aromatic rings. The lowest BCUT2D eigenvalue weighted by Gasteiger charge is -2.33. The molecule has 0 bridgehead atoms. The third-order valence-electron chi connectivity index (χ3n) is 6.84. The molecule has 1 saturated carbocycles. The van der Waals surface area contributed by atoms with Crippen LogP contribution >= 0.6 is 0 Å². The van der Waals surface area contributed by atoms with E-state index in [0.29, 0.717) is 5.56 Å². The fraction of sp³-hybridized carbons (Fsp3) is 0.440. The normalized spacial score (nSPS) is 18.7. The first-order valence-corrected chi connectivity index (χ1v) is 11.2. The van der Waals surface area contributed by atoms with Gasteiger partial charge in [0, 0.05) is 43.5 Å². The lowest BCUT2D eigenvalue weighted by Crippen LogP contribution is -2.34. The maximum absolute atomic E-state index is 13.4. The standard InChI is InChI=1S/C25H29N3O2/c29-24(19-8-5-9-19)26-21-10-11-23(22(16-21)25(30)27-13-3-4-14-27)28-15-12-18-6-1-2-7-20(18)17-28/h1-2,6-7,10-11,16,19H,3-5,8-9,12-15,17H2,(H,26,29). The maximum atomic E-state index is 13.4. The molecule has 2 aromatic carbocycles. The van der Waals surface area contributed by atoms with Gasteiger partial charge in [-0.15, -0.1) is 0 Å². The van der Waals surface area contributed by atoms with Gasteiger partial charge in [0.15, 0.2) is 0 Å². The van der Waals surface area contributed by atoms with Crippen molar-refractivity contribution in [1.29, 1.82) is 0 Å². The smallest absolute Gasteiger partial charge is 0.256 e. The summed E-state index contributed by atoms with van der Waals surface area (Å²) < 4.78 is 0. The van der Waals surface area contributed by atoms with Crippen LogP contribution in [-0.4, -0.2) is 36.3 Å². The molecule has 0 unspecified atom stereocenters. The summed E-state index contributed by atoms with van der Waals surface area (Å²) in [5, 5.41) is 3.05. The van der Waals surface area contributed by atoms with Gasteiger partial charge in [0.25, 0.3) is 5.91 Å². The van der Waals surface area contributed by atoms with Crippen molar-refractivity contribution in [2.45, 2.75) is 45.1 Å². The molecule has 1 saturated heterocycles. The van der Waals surface area contributed by atoms with E-state index in [1.54, 1.807) is 0 Å². The number of carbonyl (C=O) groups excluding carboxylic acids is 2. The minimum Gasteiger partial charge on any atom is -0.366 e. The number of hydrogen-bond acceptors (Lipinski definition) is 3. The average molecular weight is 404 g/mol. The molecule has 2 amide bonds. The van der Waals surface area contributed by atoms with Crippen molar-refractivity contribution in [2.75, 3.05) is 29.9 Å². The highest BCUT2D eigenvalue weighted by Gasteiger charge is 2.28. The number of carbonyl (C=O) groups is 2. The second-order valence-electron chi connectivity index (χ2n) is 8.79. The molecule has 0 radical (unpaired) electrons. The van der Waals surface area contributed by atoms with E-state index >= 15 is 0 Å². The largest absolute Gasteiger partial charge is 0.366 e. The van der Waals surface area contributed by atoms with Gasteiger partial charge in [0.2, 0.25) is 5.91 Å². The van der Waals surface area contributed by atoms with E-state index in [9.17, 15) is 9.59 Å². The van der Waals surface area contributed by atoms with Crippen molar-refractivity contribution in [1.82, 2.24) is 4.90 Å². The topological polar surface area (TPSA) is 52.7 Å². The van der Waals surface area contributed by atoms with Gasteiger partial charge in [-0.05, 0) is 61.4 Å². The molecule has 2 heterocycles. The van der Waals surface area contributed by atoms with Crippen LogP contribution in [0.3, 0.4) is 0 Å². The molecule has 5 heteroatoms. The van der Waals surface area contributed by atoms with Crippen molar-refractivity contribution in [2.24, 2.45) is 5.92 Å². The van der Waals surface area contributed by atoms with Crippen LogP contribution < -0.4 is 10.2 Å². The van der Waals surface area contributed by atoms with Gasteiger partial charge in [-0.3, -0.25) is 9.59 Å². The van der Waals surface area contributed by atoms with E-state index in [-0.39, 0.29) is 17.7 Å². The Kier molecular flexibility index (Phi) is 5.19. The minimum atomic E-state index is 0.0838. The monoisotopic (exact) mass is 403 g/mol. The van der Waals surface area contributed by atoms with Crippen LogP contribution in [0.5, 0.6) is 0 Å². The predicted molar refractivity (Wildman–Crippen MR) is 119 cm³/mol. The molecule has 0 aromatic heterocycles. The number of fused-ring (bicyclic) bond motifs is 1. The Morgan fingerprint density at radius 3 is 2.40 bits per heavy atom. The Bertz CT molecular complexity index is 961. The fourth-order valence-electron chi connectivity index (χ4n) is 4.77. The maximum Gasteiger partial charge on any atom is 0.256 e. The zero-order valence-corrected chi connectivity index (χ0v) is 17.4. The third-order valence-corrected chi connectivity index (χ3v) is 6.84. The molecule has 156 valence electrons. The van der Waals surface area contributed by atoms with Gasteiger partial charge in [0.1, 0.15) is 0 Å². The molecule has 5 nitrogen and oxygen atoms in total. The van der Waals surface area contributed by atoms with E-state index in [4.69, 9.17) is 0 Å². The van der Waals surface area contributed by atoms with Crippen molar-refractivity contribution < 1.29 is 9.59 Å². The first-order valence-electron chi connectivity index (χ1n) is 11.2. The fourth-order valence-corrected chi connectivity index (χ4v) is 4.77. The summed E-state index contributed by atoms with van der Waals surface area (Å²) in [5.74, 6) is 0.294. The van der Waals surface area contributed by atoms with Crippen LogP contribution in [-0.2, 0) is 17.8 Å². The molecule has 2 aliphatic heterocycles. The number of nitrogens with zero attached hydrogens (tertiary/aromatic N) is 2. The molecule has 0 atom stereocenters. The highest BCUT2D eigenvalue weighted by atomic mass is 16.2. The van der Waals surface area contributed by atoms with Gasteiger partial charge in [-0.25, -0.2) is 0 Å². The molecule has 1 aliphatic carbocycles. The Morgan fingerprint density at radius 2 is 1.67 bits per heavy atom. The average Bonchev–Trinajstić information content (AvgIpc) is 3.26. The minimum absolute atomic E-state index is 0.0838. The Hall–Kier alpha value is -2.82. The van der Waals surface area contributed by atoms with Crippen molar-refractivity contribution in [3.63, 3.8) is 0 Å². The summed E-state index contributed by atoms with van der Waals surface area (Å²) in [6.07, 6.45) is 6.18. The molecular formula is C25H29N3O2. The second-order valence-corrected chi connectivity index (χ2v) is 8.79. The summed E-state index contributed by atoms with van der Waals surface area (Å²) >= 11 is 0. The molecule has 30 heavy (non-hydrogen) atoms. The molecule has 2 fully saturated rings. The van der Waals surface area contributed by atoms with Crippen LogP contribution in [0.25, 0.3) is 0 Å². The number of rotatable bonds is 4. The van der Waals surface area contributed by atoms with Gasteiger partial charge in [-0.2, -0.15) is 0 Å². The van der Waals surface area contributed by atoms with Crippen molar-refractivity contribution in [3.05, 3.63) is 59.2 Å².